The van der Waals surface area contributed by atoms with Crippen LogP contribution in [0.1, 0.15) is 48.9 Å². The van der Waals surface area contributed by atoms with Crippen molar-refractivity contribution >= 4 is 11.7 Å². The van der Waals surface area contributed by atoms with E-state index < -0.39 is 0 Å². The lowest BCUT2D eigenvalue weighted by molar-refractivity contribution is -0.122. The van der Waals surface area contributed by atoms with Crippen LogP contribution in [0.2, 0.25) is 0 Å². The van der Waals surface area contributed by atoms with Gasteiger partial charge in [0.15, 0.2) is 5.78 Å². The maximum atomic E-state index is 12.9. The Hall–Kier alpha value is -1.79. The summed E-state index contributed by atoms with van der Waals surface area (Å²) in [5, 5.41) is 3.04. The number of hydrogen-bond acceptors (Lipinski definition) is 4. The van der Waals surface area contributed by atoms with E-state index in [9.17, 15) is 14.0 Å². The second-order valence-corrected chi connectivity index (χ2v) is 7.21. The third-order valence-corrected chi connectivity index (χ3v) is 5.18. The van der Waals surface area contributed by atoms with Gasteiger partial charge in [0.05, 0.1) is 6.10 Å². The van der Waals surface area contributed by atoms with E-state index in [1.54, 1.807) is 0 Å². The molecule has 2 aliphatic rings. The highest BCUT2D eigenvalue weighted by molar-refractivity contribution is 5.97. The van der Waals surface area contributed by atoms with Gasteiger partial charge >= 0.3 is 0 Å². The number of ether oxygens (including phenoxy) is 1. The summed E-state index contributed by atoms with van der Waals surface area (Å²) in [4.78, 5) is 26.6. The number of carbonyl (C=O) groups is 2. The normalized spacial score (nSPS) is 21.7. The third-order valence-electron chi connectivity index (χ3n) is 5.18. The molecule has 1 amide bonds. The smallest absolute Gasteiger partial charge is 0.220 e. The van der Waals surface area contributed by atoms with Crippen LogP contribution in [-0.4, -0.2) is 55.0 Å². The van der Waals surface area contributed by atoms with Crippen LogP contribution in [0.5, 0.6) is 0 Å². The molecule has 0 spiro atoms. The van der Waals surface area contributed by atoms with Gasteiger partial charge in [0, 0.05) is 50.7 Å². The molecule has 1 atom stereocenters. The van der Waals surface area contributed by atoms with Crippen LogP contribution in [0.3, 0.4) is 0 Å². The van der Waals surface area contributed by atoms with Gasteiger partial charge in [0.2, 0.25) is 5.91 Å². The first-order valence-corrected chi connectivity index (χ1v) is 9.52. The van der Waals surface area contributed by atoms with Gasteiger partial charge in [-0.3, -0.25) is 9.59 Å². The molecule has 6 heteroatoms. The number of nitrogens with zero attached hydrogens (tertiary/aromatic N) is 1. The molecular formula is C20H27FN2O3. The molecule has 0 bridgehead atoms. The second kappa shape index (κ2) is 9.24. The standard InChI is InChI=1S/C20H27FN2O3/c21-16-5-3-15(4-6-16)19(24)7-8-20(25)22-17-9-11-23(12-10-17)14-18-2-1-13-26-18/h3-6,17-18H,1-2,7-14H2,(H,22,25)/t18-/m1/s1. The van der Waals surface area contributed by atoms with E-state index in [1.807, 2.05) is 0 Å². The van der Waals surface area contributed by atoms with Crippen molar-refractivity contribution in [3.05, 3.63) is 35.6 Å². The van der Waals surface area contributed by atoms with E-state index in [2.05, 4.69) is 10.2 Å². The monoisotopic (exact) mass is 362 g/mol. The Morgan fingerprint density at radius 2 is 1.85 bits per heavy atom. The Kier molecular flexibility index (Phi) is 6.74. The molecule has 0 aliphatic carbocycles. The van der Waals surface area contributed by atoms with Crippen LogP contribution in [0.15, 0.2) is 24.3 Å². The van der Waals surface area contributed by atoms with Gasteiger partial charge in [-0.1, -0.05) is 0 Å². The summed E-state index contributed by atoms with van der Waals surface area (Å²) in [5.74, 6) is -0.588. The molecule has 0 radical (unpaired) electrons. The number of halogens is 1. The summed E-state index contributed by atoms with van der Waals surface area (Å²) >= 11 is 0. The number of carbonyl (C=O) groups excluding carboxylic acids is 2. The van der Waals surface area contributed by atoms with Crippen LogP contribution in [0.4, 0.5) is 4.39 Å². The fourth-order valence-corrected chi connectivity index (χ4v) is 3.64. The summed E-state index contributed by atoms with van der Waals surface area (Å²) in [5.41, 5.74) is 0.446. The average molecular weight is 362 g/mol. The minimum Gasteiger partial charge on any atom is -0.377 e. The van der Waals surface area contributed by atoms with Gasteiger partial charge in [-0.15, -0.1) is 0 Å². The Balaban J connectivity index is 1.33. The highest BCUT2D eigenvalue weighted by Gasteiger charge is 2.24. The van der Waals surface area contributed by atoms with Crippen LogP contribution < -0.4 is 5.32 Å². The average Bonchev–Trinajstić information content (AvgIpc) is 3.15. The Labute approximate surface area is 153 Å². The highest BCUT2D eigenvalue weighted by atomic mass is 19.1. The number of hydrogen-bond donors (Lipinski definition) is 1. The summed E-state index contributed by atoms with van der Waals surface area (Å²) in [6, 6.07) is 5.62. The molecule has 3 rings (SSSR count). The fraction of sp³-hybridized carbons (Fsp3) is 0.600. The van der Waals surface area contributed by atoms with Crippen LogP contribution in [0, 0.1) is 5.82 Å². The van der Waals surface area contributed by atoms with E-state index in [0.717, 1.165) is 51.9 Å². The molecule has 142 valence electrons. The minimum absolute atomic E-state index is 0.0852. The zero-order valence-electron chi connectivity index (χ0n) is 15.1. The van der Waals surface area contributed by atoms with Gasteiger partial charge in [0.25, 0.3) is 0 Å². The first-order valence-electron chi connectivity index (χ1n) is 9.52. The summed E-state index contributed by atoms with van der Waals surface area (Å²) < 4.78 is 18.6. The molecule has 26 heavy (non-hydrogen) atoms. The van der Waals surface area contributed by atoms with E-state index >= 15 is 0 Å². The topological polar surface area (TPSA) is 58.6 Å². The zero-order valence-corrected chi connectivity index (χ0v) is 15.1. The predicted octanol–water partition coefficient (Wildman–Crippen LogP) is 2.55. The Morgan fingerprint density at radius 1 is 1.12 bits per heavy atom. The quantitative estimate of drug-likeness (QED) is 0.758. The summed E-state index contributed by atoms with van der Waals surface area (Å²) in [6.45, 7) is 3.82. The molecule has 0 aromatic heterocycles. The van der Waals surface area contributed by atoms with Crippen LogP contribution in [-0.2, 0) is 9.53 Å². The second-order valence-electron chi connectivity index (χ2n) is 7.21. The van der Waals surface area contributed by atoms with Crippen molar-refractivity contribution in [3.8, 4) is 0 Å². The van der Waals surface area contributed by atoms with Crippen LogP contribution >= 0.6 is 0 Å². The zero-order chi connectivity index (χ0) is 18.4. The van der Waals surface area contributed by atoms with Gasteiger partial charge in [-0.25, -0.2) is 4.39 Å². The van der Waals surface area contributed by atoms with Crippen molar-refractivity contribution in [1.82, 2.24) is 10.2 Å². The molecule has 5 nitrogen and oxygen atoms in total. The van der Waals surface area contributed by atoms with E-state index in [4.69, 9.17) is 4.74 Å². The van der Waals surface area contributed by atoms with Crippen molar-refractivity contribution in [2.45, 2.75) is 50.7 Å². The first kappa shape index (κ1) is 19.0. The summed E-state index contributed by atoms with van der Waals surface area (Å²) in [7, 11) is 0. The minimum atomic E-state index is -0.370. The maximum Gasteiger partial charge on any atom is 0.220 e. The molecule has 2 heterocycles. The predicted molar refractivity (Wildman–Crippen MR) is 96.5 cm³/mol. The molecule has 2 aliphatic heterocycles. The van der Waals surface area contributed by atoms with Crippen molar-refractivity contribution in [2.24, 2.45) is 0 Å². The first-order chi connectivity index (χ1) is 12.6. The number of amides is 1. The Bertz CT molecular complexity index is 606. The molecule has 2 saturated heterocycles. The van der Waals surface area contributed by atoms with E-state index in [1.165, 1.54) is 24.3 Å². The van der Waals surface area contributed by atoms with Crippen molar-refractivity contribution in [1.29, 1.82) is 0 Å². The Morgan fingerprint density at radius 3 is 2.50 bits per heavy atom. The SMILES string of the molecule is O=C(CCC(=O)c1ccc(F)cc1)NC1CCN(C[C@H]2CCCO2)CC1. The number of rotatable bonds is 7. The van der Waals surface area contributed by atoms with Crippen LogP contribution in [0.25, 0.3) is 0 Å². The number of likely N-dealkylation sites (tertiary alicyclic amines) is 1. The summed E-state index contributed by atoms with van der Waals surface area (Å²) in [6.07, 6.45) is 4.88. The molecule has 1 aromatic rings. The van der Waals surface area contributed by atoms with Gasteiger partial charge < -0.3 is 15.0 Å². The number of piperidine rings is 1. The third kappa shape index (κ3) is 5.61. The van der Waals surface area contributed by atoms with Crippen molar-refractivity contribution < 1.29 is 18.7 Å². The lowest BCUT2D eigenvalue weighted by Gasteiger charge is -2.33. The lowest BCUT2D eigenvalue weighted by atomic mass is 10.0. The van der Waals surface area contributed by atoms with Crippen molar-refractivity contribution in [2.75, 3.05) is 26.2 Å². The molecular weight excluding hydrogens is 335 g/mol. The van der Waals surface area contributed by atoms with E-state index in [-0.39, 0.29) is 36.4 Å². The number of benzene rings is 1. The lowest BCUT2D eigenvalue weighted by Crippen LogP contribution is -2.46. The van der Waals surface area contributed by atoms with Gasteiger partial charge in [-0.05, 0) is 49.9 Å². The maximum absolute atomic E-state index is 12.9. The number of nitrogens with one attached hydrogen (secondary N) is 1. The molecule has 1 N–H and O–H groups in total. The fourth-order valence-electron chi connectivity index (χ4n) is 3.64. The molecule has 0 saturated carbocycles. The highest BCUT2D eigenvalue weighted by Crippen LogP contribution is 2.17. The van der Waals surface area contributed by atoms with E-state index in [0.29, 0.717) is 11.7 Å². The van der Waals surface area contributed by atoms with Gasteiger partial charge in [-0.2, -0.15) is 0 Å². The molecule has 0 unspecified atom stereocenters. The number of ketones is 1. The van der Waals surface area contributed by atoms with Gasteiger partial charge in [0.1, 0.15) is 5.82 Å². The largest absolute Gasteiger partial charge is 0.377 e. The van der Waals surface area contributed by atoms with Crippen molar-refractivity contribution in [3.63, 3.8) is 0 Å². The molecule has 1 aromatic carbocycles. The number of Topliss-reactive ketones (excluding diaryl/α,β-unsaturated/α-hetero) is 1. The molecule has 2 fully saturated rings.